The molecule has 10 heteroatoms. The fourth-order valence-electron chi connectivity index (χ4n) is 3.73. The smallest absolute Gasteiger partial charge is 0.247 e. The molecule has 178 valence electrons. The van der Waals surface area contributed by atoms with Crippen LogP contribution >= 0.6 is 11.3 Å². The second-order valence-corrected chi connectivity index (χ2v) is 9.04. The Morgan fingerprint density at radius 2 is 2.00 bits per heavy atom. The molecule has 2 N–H and O–H groups in total. The zero-order chi connectivity index (χ0) is 24.2. The third-order valence-electron chi connectivity index (χ3n) is 5.63. The van der Waals surface area contributed by atoms with Crippen molar-refractivity contribution in [3.8, 4) is 11.6 Å². The molecule has 0 radical (unpaired) electrons. The second-order valence-electron chi connectivity index (χ2n) is 8.13. The molecule has 35 heavy (non-hydrogen) atoms. The number of hydrogen-bond donors (Lipinski definition) is 2. The average molecular weight is 488 g/mol. The predicted molar refractivity (Wildman–Crippen MR) is 140 cm³/mol. The zero-order valence-electron chi connectivity index (χ0n) is 19.3. The number of nitrogens with one attached hydrogen (secondary N) is 2. The topological polar surface area (TPSA) is 95.5 Å². The molecule has 0 aliphatic carbocycles. The Morgan fingerprint density at radius 1 is 1.14 bits per heavy atom. The molecule has 1 amide bonds. The highest BCUT2D eigenvalue weighted by Crippen LogP contribution is 2.33. The SMILES string of the molecule is C=CC(=O)Nc1cccc(Oc2nc(Nc3ccc(N4CCN(C)CC4)cn3)nc3ccsc23)c1. The van der Waals surface area contributed by atoms with Crippen LogP contribution in [0.2, 0.25) is 0 Å². The number of thiophene rings is 1. The number of piperazine rings is 1. The normalized spacial score (nSPS) is 14.0. The van der Waals surface area contributed by atoms with Gasteiger partial charge >= 0.3 is 0 Å². The van der Waals surface area contributed by atoms with E-state index < -0.39 is 0 Å². The van der Waals surface area contributed by atoms with Crippen molar-refractivity contribution in [1.29, 1.82) is 0 Å². The first-order valence-electron chi connectivity index (χ1n) is 11.2. The number of nitrogens with zero attached hydrogens (tertiary/aromatic N) is 5. The summed E-state index contributed by atoms with van der Waals surface area (Å²) >= 11 is 1.50. The molecule has 0 atom stereocenters. The van der Waals surface area contributed by atoms with Gasteiger partial charge in [0.05, 0.1) is 17.4 Å². The maximum absolute atomic E-state index is 11.6. The molecule has 1 saturated heterocycles. The summed E-state index contributed by atoms with van der Waals surface area (Å²) in [5, 5.41) is 7.87. The van der Waals surface area contributed by atoms with Gasteiger partial charge in [-0.15, -0.1) is 11.3 Å². The molecule has 1 aromatic carbocycles. The van der Waals surface area contributed by atoms with Crippen molar-refractivity contribution in [1.82, 2.24) is 19.9 Å². The highest BCUT2D eigenvalue weighted by Gasteiger charge is 2.15. The van der Waals surface area contributed by atoms with Crippen LogP contribution in [-0.2, 0) is 4.79 Å². The van der Waals surface area contributed by atoms with Gasteiger partial charge < -0.3 is 25.2 Å². The first-order valence-corrected chi connectivity index (χ1v) is 12.1. The van der Waals surface area contributed by atoms with Crippen LogP contribution < -0.4 is 20.3 Å². The van der Waals surface area contributed by atoms with E-state index in [1.807, 2.05) is 23.7 Å². The van der Waals surface area contributed by atoms with Gasteiger partial charge in [0.1, 0.15) is 16.3 Å². The summed E-state index contributed by atoms with van der Waals surface area (Å²) < 4.78 is 6.93. The van der Waals surface area contributed by atoms with Crippen LogP contribution in [0, 0.1) is 0 Å². The fourth-order valence-corrected chi connectivity index (χ4v) is 4.49. The number of benzene rings is 1. The number of rotatable bonds is 7. The van der Waals surface area contributed by atoms with Crippen molar-refractivity contribution in [2.24, 2.45) is 0 Å². The number of pyridine rings is 1. The molecule has 1 aliphatic rings. The molecule has 0 spiro atoms. The molecule has 0 unspecified atom stereocenters. The van der Waals surface area contributed by atoms with Crippen molar-refractivity contribution in [2.45, 2.75) is 0 Å². The highest BCUT2D eigenvalue weighted by atomic mass is 32.1. The lowest BCUT2D eigenvalue weighted by Crippen LogP contribution is -2.44. The Morgan fingerprint density at radius 3 is 2.77 bits per heavy atom. The van der Waals surface area contributed by atoms with Crippen LogP contribution in [-0.4, -0.2) is 59.0 Å². The summed E-state index contributed by atoms with van der Waals surface area (Å²) in [6, 6.07) is 13.0. The summed E-state index contributed by atoms with van der Waals surface area (Å²) in [4.78, 5) is 30.1. The monoisotopic (exact) mass is 487 g/mol. The molecule has 1 fully saturated rings. The van der Waals surface area contributed by atoms with Gasteiger partial charge in [0, 0.05) is 37.9 Å². The maximum Gasteiger partial charge on any atom is 0.247 e. The summed E-state index contributed by atoms with van der Waals surface area (Å²) in [6.45, 7) is 7.54. The quantitative estimate of drug-likeness (QED) is 0.368. The molecule has 0 bridgehead atoms. The summed E-state index contributed by atoms with van der Waals surface area (Å²) in [7, 11) is 2.14. The number of ether oxygens (including phenoxy) is 1. The number of hydrogen-bond acceptors (Lipinski definition) is 9. The van der Waals surface area contributed by atoms with E-state index in [0.29, 0.717) is 29.1 Å². The van der Waals surface area contributed by atoms with E-state index >= 15 is 0 Å². The van der Waals surface area contributed by atoms with Gasteiger partial charge in [0.15, 0.2) is 0 Å². The number of likely N-dealkylation sites (N-methyl/N-ethyl adjacent to an activating group) is 1. The van der Waals surface area contributed by atoms with Crippen LogP contribution in [0.15, 0.2) is 66.7 Å². The van der Waals surface area contributed by atoms with Crippen LogP contribution in [0.3, 0.4) is 0 Å². The van der Waals surface area contributed by atoms with Crippen molar-refractivity contribution >= 4 is 50.6 Å². The van der Waals surface area contributed by atoms with Gasteiger partial charge in [-0.3, -0.25) is 4.79 Å². The maximum atomic E-state index is 11.6. The molecule has 4 heterocycles. The minimum atomic E-state index is -0.289. The Balaban J connectivity index is 1.35. The molecule has 4 aromatic rings. The Bertz CT molecular complexity index is 1350. The molecule has 5 rings (SSSR count). The van der Waals surface area contributed by atoms with Crippen LogP contribution in [0.4, 0.5) is 23.1 Å². The largest absolute Gasteiger partial charge is 0.437 e. The zero-order valence-corrected chi connectivity index (χ0v) is 20.1. The third kappa shape index (κ3) is 5.39. The fraction of sp³-hybridized carbons (Fsp3) is 0.200. The second kappa shape index (κ2) is 10.1. The Kier molecular flexibility index (Phi) is 6.55. The summed E-state index contributed by atoms with van der Waals surface area (Å²) in [5.41, 5.74) is 2.48. The van der Waals surface area contributed by atoms with Gasteiger partial charge in [-0.05, 0) is 48.8 Å². The van der Waals surface area contributed by atoms with E-state index in [1.165, 1.54) is 17.4 Å². The van der Waals surface area contributed by atoms with Gasteiger partial charge in [0.25, 0.3) is 0 Å². The lowest BCUT2D eigenvalue weighted by molar-refractivity contribution is -0.111. The number of amides is 1. The molecule has 9 nitrogen and oxygen atoms in total. The number of aromatic nitrogens is 3. The molecular weight excluding hydrogens is 462 g/mol. The van der Waals surface area contributed by atoms with E-state index in [0.717, 1.165) is 42.1 Å². The first-order chi connectivity index (χ1) is 17.1. The number of anilines is 4. The van der Waals surface area contributed by atoms with E-state index in [9.17, 15) is 4.79 Å². The number of carbonyl (C=O) groups excluding carboxylic acids is 1. The highest BCUT2D eigenvalue weighted by molar-refractivity contribution is 7.17. The van der Waals surface area contributed by atoms with Crippen molar-refractivity contribution < 1.29 is 9.53 Å². The minimum absolute atomic E-state index is 0.289. The molecule has 3 aromatic heterocycles. The first kappa shape index (κ1) is 22.8. The van der Waals surface area contributed by atoms with Crippen molar-refractivity contribution in [3.05, 3.63) is 66.7 Å². The van der Waals surface area contributed by atoms with Gasteiger partial charge in [-0.25, -0.2) is 9.97 Å². The Labute approximate surface area is 207 Å². The number of fused-ring (bicyclic) bond motifs is 1. The summed E-state index contributed by atoms with van der Waals surface area (Å²) in [5.74, 6) is 1.72. The molecular formula is C25H25N7O2S. The third-order valence-corrected chi connectivity index (χ3v) is 6.52. The predicted octanol–water partition coefficient (Wildman–Crippen LogP) is 4.50. The van der Waals surface area contributed by atoms with Crippen molar-refractivity contribution in [2.75, 3.05) is 48.8 Å². The Hall–Kier alpha value is -4.02. The average Bonchev–Trinajstić information content (AvgIpc) is 3.34. The van der Waals surface area contributed by atoms with E-state index in [-0.39, 0.29) is 5.91 Å². The van der Waals surface area contributed by atoms with Gasteiger partial charge in [-0.2, -0.15) is 4.98 Å². The molecule has 1 aliphatic heterocycles. The van der Waals surface area contributed by atoms with Crippen LogP contribution in [0.5, 0.6) is 11.6 Å². The molecule has 0 saturated carbocycles. The van der Waals surface area contributed by atoms with E-state index in [2.05, 4.69) is 55.1 Å². The van der Waals surface area contributed by atoms with Crippen molar-refractivity contribution in [3.63, 3.8) is 0 Å². The number of carbonyl (C=O) groups is 1. The lowest BCUT2D eigenvalue weighted by atomic mass is 10.3. The van der Waals surface area contributed by atoms with Crippen LogP contribution in [0.1, 0.15) is 0 Å². The standard InChI is InChI=1S/C25H25N7O2S/c1-3-22(33)27-17-5-4-6-19(15-17)34-24-23-20(9-14-35-23)28-25(30-24)29-21-8-7-18(16-26-21)32-12-10-31(2)11-13-32/h3-9,14-16H,1,10-13H2,2H3,(H,27,33)(H,26,28,29,30). The lowest BCUT2D eigenvalue weighted by Gasteiger charge is -2.33. The van der Waals surface area contributed by atoms with Gasteiger partial charge in [-0.1, -0.05) is 12.6 Å². The summed E-state index contributed by atoms with van der Waals surface area (Å²) in [6.07, 6.45) is 3.09. The minimum Gasteiger partial charge on any atom is -0.437 e. The van der Waals surface area contributed by atoms with Gasteiger partial charge in [0.2, 0.25) is 17.7 Å². The van der Waals surface area contributed by atoms with E-state index in [1.54, 1.807) is 24.3 Å². The van der Waals surface area contributed by atoms with E-state index in [4.69, 9.17) is 4.74 Å². The van der Waals surface area contributed by atoms with Crippen LogP contribution in [0.25, 0.3) is 10.2 Å².